The van der Waals surface area contributed by atoms with Gasteiger partial charge in [0.1, 0.15) is 6.10 Å². The van der Waals surface area contributed by atoms with Gasteiger partial charge in [0.25, 0.3) is 5.91 Å². The molecule has 6 nitrogen and oxygen atoms in total. The number of amides is 1. The molecular weight excluding hydrogens is 274 g/mol. The third kappa shape index (κ3) is 3.91. The van der Waals surface area contributed by atoms with Crippen molar-refractivity contribution in [1.82, 2.24) is 10.2 Å². The van der Waals surface area contributed by atoms with Crippen LogP contribution in [0.2, 0.25) is 0 Å². The number of ether oxygens (including phenoxy) is 2. The molecular formula is C10H15N3O3S2. The molecule has 1 saturated heterocycles. The normalized spacial score (nSPS) is 19.1. The molecule has 1 amide bonds. The lowest BCUT2D eigenvalue weighted by Gasteiger charge is -2.06. The van der Waals surface area contributed by atoms with E-state index in [1.165, 1.54) is 11.3 Å². The maximum absolute atomic E-state index is 11.8. The maximum Gasteiger partial charge on any atom is 0.255 e. The van der Waals surface area contributed by atoms with Gasteiger partial charge in [-0.25, -0.2) is 0 Å². The van der Waals surface area contributed by atoms with E-state index >= 15 is 0 Å². The zero-order chi connectivity index (χ0) is 12.8. The van der Waals surface area contributed by atoms with E-state index in [0.717, 1.165) is 22.9 Å². The Labute approximate surface area is 113 Å². The number of aromatic nitrogens is 2. The first kappa shape index (κ1) is 13.7. The maximum atomic E-state index is 11.8. The summed E-state index contributed by atoms with van der Waals surface area (Å²) in [6, 6.07) is 0. The Morgan fingerprint density at radius 3 is 3.28 bits per heavy atom. The summed E-state index contributed by atoms with van der Waals surface area (Å²) >= 11 is 2.93. The summed E-state index contributed by atoms with van der Waals surface area (Å²) < 4.78 is 11.1. The van der Waals surface area contributed by atoms with Crippen molar-refractivity contribution in [3.8, 4) is 0 Å². The predicted molar refractivity (Wildman–Crippen MR) is 70.1 cm³/mol. The highest BCUT2D eigenvalue weighted by Crippen LogP contribution is 2.25. The summed E-state index contributed by atoms with van der Waals surface area (Å²) in [7, 11) is 1.66. The quantitative estimate of drug-likeness (QED) is 0.485. The number of carbonyl (C=O) groups is 1. The van der Waals surface area contributed by atoms with Crippen molar-refractivity contribution in [3.05, 3.63) is 0 Å². The Morgan fingerprint density at radius 2 is 2.56 bits per heavy atom. The van der Waals surface area contributed by atoms with Crippen molar-refractivity contribution in [1.29, 1.82) is 0 Å². The highest BCUT2D eigenvalue weighted by molar-refractivity contribution is 8.01. The van der Waals surface area contributed by atoms with E-state index in [2.05, 4.69) is 15.5 Å². The van der Waals surface area contributed by atoms with Crippen LogP contribution < -0.4 is 5.32 Å². The summed E-state index contributed by atoms with van der Waals surface area (Å²) in [5.41, 5.74) is 0. The van der Waals surface area contributed by atoms with Crippen molar-refractivity contribution in [2.24, 2.45) is 0 Å². The highest BCUT2D eigenvalue weighted by atomic mass is 32.2. The molecule has 0 aliphatic carbocycles. The number of thioether (sulfide) groups is 1. The number of carbonyl (C=O) groups excluding carboxylic acids is 1. The van der Waals surface area contributed by atoms with Crippen LogP contribution in [-0.2, 0) is 14.3 Å². The molecule has 0 bridgehead atoms. The molecule has 0 spiro atoms. The van der Waals surface area contributed by atoms with Crippen LogP contribution >= 0.6 is 23.1 Å². The Balaban J connectivity index is 1.80. The minimum atomic E-state index is -0.335. The summed E-state index contributed by atoms with van der Waals surface area (Å²) in [6.45, 7) is 1.33. The summed E-state index contributed by atoms with van der Waals surface area (Å²) in [6.07, 6.45) is 1.38. The van der Waals surface area contributed by atoms with Gasteiger partial charge in [-0.05, 0) is 12.8 Å². The lowest BCUT2D eigenvalue weighted by molar-refractivity contribution is -0.124. The second-order valence-electron chi connectivity index (χ2n) is 3.71. The molecule has 1 aliphatic heterocycles. The van der Waals surface area contributed by atoms with Crippen LogP contribution in [0.5, 0.6) is 0 Å². The predicted octanol–water partition coefficient (Wildman–Crippen LogP) is 1.39. The fraction of sp³-hybridized carbons (Fsp3) is 0.700. The number of hydrogen-bond donors (Lipinski definition) is 1. The fourth-order valence-corrected chi connectivity index (χ4v) is 3.23. The van der Waals surface area contributed by atoms with E-state index in [1.54, 1.807) is 18.9 Å². The van der Waals surface area contributed by atoms with Crippen LogP contribution in [0, 0.1) is 0 Å². The molecule has 0 saturated carbocycles. The molecule has 0 unspecified atom stereocenters. The van der Waals surface area contributed by atoms with Gasteiger partial charge in [-0.3, -0.25) is 10.1 Å². The first-order valence-corrected chi connectivity index (χ1v) is 7.47. The summed E-state index contributed by atoms with van der Waals surface area (Å²) in [5.74, 6) is 0.697. The Bertz CT molecular complexity index is 393. The van der Waals surface area contributed by atoms with Gasteiger partial charge in [-0.2, -0.15) is 0 Å². The summed E-state index contributed by atoms with van der Waals surface area (Å²) in [5, 5.41) is 11.2. The molecule has 0 radical (unpaired) electrons. The van der Waals surface area contributed by atoms with Crippen LogP contribution in [0.25, 0.3) is 0 Å². The van der Waals surface area contributed by atoms with Gasteiger partial charge in [0, 0.05) is 19.5 Å². The third-order valence-corrected chi connectivity index (χ3v) is 4.31. The zero-order valence-electron chi connectivity index (χ0n) is 10.0. The van der Waals surface area contributed by atoms with Gasteiger partial charge in [0.2, 0.25) is 5.13 Å². The number of methoxy groups -OCH3 is 1. The van der Waals surface area contributed by atoms with Crippen LogP contribution in [-0.4, -0.2) is 48.3 Å². The van der Waals surface area contributed by atoms with Crippen LogP contribution in [0.1, 0.15) is 12.8 Å². The number of anilines is 1. The fourth-order valence-electron chi connectivity index (χ4n) is 1.50. The lowest BCUT2D eigenvalue weighted by atomic mass is 10.2. The number of nitrogens with one attached hydrogen (secondary N) is 1. The van der Waals surface area contributed by atoms with Crippen molar-refractivity contribution < 1.29 is 14.3 Å². The van der Waals surface area contributed by atoms with Gasteiger partial charge in [0.05, 0.1) is 6.61 Å². The van der Waals surface area contributed by atoms with E-state index in [-0.39, 0.29) is 12.0 Å². The van der Waals surface area contributed by atoms with E-state index in [0.29, 0.717) is 18.3 Å². The van der Waals surface area contributed by atoms with Crippen LogP contribution in [0.4, 0.5) is 5.13 Å². The number of nitrogens with zero attached hydrogens (tertiary/aromatic N) is 2. The van der Waals surface area contributed by atoms with Gasteiger partial charge < -0.3 is 9.47 Å². The largest absolute Gasteiger partial charge is 0.384 e. The van der Waals surface area contributed by atoms with Crippen molar-refractivity contribution in [2.75, 3.05) is 31.4 Å². The van der Waals surface area contributed by atoms with E-state index in [1.807, 2.05) is 0 Å². The molecule has 0 aromatic carbocycles. The lowest BCUT2D eigenvalue weighted by Crippen LogP contribution is -2.26. The molecule has 2 heterocycles. The minimum absolute atomic E-state index is 0.128. The second-order valence-corrected chi connectivity index (χ2v) is 6.02. The first-order valence-electron chi connectivity index (χ1n) is 5.67. The zero-order valence-corrected chi connectivity index (χ0v) is 11.7. The number of rotatable bonds is 6. The molecule has 100 valence electrons. The highest BCUT2D eigenvalue weighted by Gasteiger charge is 2.24. The molecule has 18 heavy (non-hydrogen) atoms. The molecule has 1 atom stereocenters. The van der Waals surface area contributed by atoms with E-state index < -0.39 is 0 Å². The third-order valence-electron chi connectivity index (χ3n) is 2.37. The minimum Gasteiger partial charge on any atom is -0.384 e. The van der Waals surface area contributed by atoms with Crippen LogP contribution in [0.15, 0.2) is 4.34 Å². The SMILES string of the molecule is COCCSc1nnc(NC(=O)[C@H]2CCCO2)s1. The molecule has 8 heteroatoms. The standard InChI is InChI=1S/C10H15N3O3S2/c1-15-5-6-17-10-13-12-9(18-10)11-8(14)7-3-2-4-16-7/h7H,2-6H2,1H3,(H,11,12,14)/t7-/m1/s1. The Kier molecular flexibility index (Phi) is 5.36. The van der Waals surface area contributed by atoms with Crippen molar-refractivity contribution >= 4 is 34.1 Å². The number of hydrogen-bond acceptors (Lipinski definition) is 7. The molecule has 2 rings (SSSR count). The molecule has 1 aromatic heterocycles. The van der Waals surface area contributed by atoms with Gasteiger partial charge in [-0.1, -0.05) is 23.1 Å². The summed E-state index contributed by atoms with van der Waals surface area (Å²) in [4.78, 5) is 11.8. The first-order chi connectivity index (χ1) is 8.79. The van der Waals surface area contributed by atoms with Gasteiger partial charge >= 0.3 is 0 Å². The molecule has 1 aromatic rings. The topological polar surface area (TPSA) is 73.3 Å². The molecule has 1 fully saturated rings. The second kappa shape index (κ2) is 7.03. The van der Waals surface area contributed by atoms with Gasteiger partial charge in [0.15, 0.2) is 4.34 Å². The molecule has 1 N–H and O–H groups in total. The Morgan fingerprint density at radius 1 is 1.67 bits per heavy atom. The van der Waals surface area contributed by atoms with E-state index in [4.69, 9.17) is 9.47 Å². The molecule has 1 aliphatic rings. The Hall–Kier alpha value is -0.700. The average molecular weight is 289 g/mol. The smallest absolute Gasteiger partial charge is 0.255 e. The van der Waals surface area contributed by atoms with Crippen molar-refractivity contribution in [3.63, 3.8) is 0 Å². The van der Waals surface area contributed by atoms with Gasteiger partial charge in [-0.15, -0.1) is 10.2 Å². The monoisotopic (exact) mass is 289 g/mol. The van der Waals surface area contributed by atoms with E-state index in [9.17, 15) is 4.79 Å². The van der Waals surface area contributed by atoms with Crippen molar-refractivity contribution in [2.45, 2.75) is 23.3 Å². The average Bonchev–Trinajstić information content (AvgIpc) is 3.00. The van der Waals surface area contributed by atoms with Crippen LogP contribution in [0.3, 0.4) is 0 Å².